The van der Waals surface area contributed by atoms with Crippen LogP contribution in [-0.2, 0) is 14.8 Å². The van der Waals surface area contributed by atoms with Crippen molar-refractivity contribution < 1.29 is 22.7 Å². The van der Waals surface area contributed by atoms with Gasteiger partial charge in [0.05, 0.1) is 32.2 Å². The summed E-state index contributed by atoms with van der Waals surface area (Å²) in [5, 5.41) is 3.29. The third kappa shape index (κ3) is 5.79. The maximum atomic E-state index is 12.8. The highest BCUT2D eigenvalue weighted by Gasteiger charge is 2.24. The van der Waals surface area contributed by atoms with Crippen molar-refractivity contribution in [3.05, 3.63) is 52.5 Å². The van der Waals surface area contributed by atoms with E-state index in [0.29, 0.717) is 34.2 Å². The van der Waals surface area contributed by atoms with Crippen LogP contribution in [0.3, 0.4) is 0 Å². The lowest BCUT2D eigenvalue weighted by Crippen LogP contribution is -2.41. The van der Waals surface area contributed by atoms with E-state index in [-0.39, 0.29) is 12.6 Å². The summed E-state index contributed by atoms with van der Waals surface area (Å²) in [6.07, 6.45) is 1.67. The van der Waals surface area contributed by atoms with Crippen molar-refractivity contribution in [3.8, 4) is 11.5 Å². The lowest BCUT2D eigenvalue weighted by molar-refractivity contribution is -0.120. The monoisotopic (exact) mass is 454 g/mol. The van der Waals surface area contributed by atoms with E-state index in [1.807, 2.05) is 13.0 Å². The Labute approximate surface area is 183 Å². The summed E-state index contributed by atoms with van der Waals surface area (Å²) in [6, 6.07) is 10.0. The molecule has 0 bridgehead atoms. The number of hydrogen-bond acceptors (Lipinski definition) is 5. The van der Waals surface area contributed by atoms with Gasteiger partial charge >= 0.3 is 0 Å². The van der Waals surface area contributed by atoms with Crippen LogP contribution in [0.15, 0.2) is 36.4 Å². The summed E-state index contributed by atoms with van der Waals surface area (Å²) < 4.78 is 36.4. The van der Waals surface area contributed by atoms with Gasteiger partial charge in [-0.2, -0.15) is 0 Å². The van der Waals surface area contributed by atoms with Crippen molar-refractivity contribution in [2.75, 3.05) is 31.3 Å². The summed E-state index contributed by atoms with van der Waals surface area (Å²) in [5.41, 5.74) is 1.90. The molecule has 1 amide bonds. The number of hydrogen-bond donors (Lipinski definition) is 1. The van der Waals surface area contributed by atoms with Crippen LogP contribution >= 0.6 is 11.6 Å². The molecule has 30 heavy (non-hydrogen) atoms. The van der Waals surface area contributed by atoms with Gasteiger partial charge in [-0.15, -0.1) is 0 Å². The third-order valence-corrected chi connectivity index (χ3v) is 6.04. The SMILES string of the molecule is CCC(NC(=O)CN(c1cc(Cl)ccc1C)S(C)(=O)=O)c1ccc(OC)c(OC)c1. The molecule has 0 saturated heterocycles. The van der Waals surface area contributed by atoms with Gasteiger partial charge in [-0.05, 0) is 48.7 Å². The van der Waals surface area contributed by atoms with Crippen LogP contribution in [0.25, 0.3) is 0 Å². The Kier molecular flexibility index (Phi) is 7.97. The molecule has 0 spiro atoms. The first kappa shape index (κ1) is 23.8. The molecule has 0 aliphatic carbocycles. The number of methoxy groups -OCH3 is 2. The summed E-state index contributed by atoms with van der Waals surface area (Å²) in [7, 11) is -0.612. The molecule has 0 aliphatic rings. The molecular formula is C21H27ClN2O5S. The first-order valence-electron chi connectivity index (χ1n) is 9.35. The van der Waals surface area contributed by atoms with Crippen molar-refractivity contribution in [2.24, 2.45) is 0 Å². The minimum absolute atomic E-state index is 0.320. The Balaban J connectivity index is 2.26. The van der Waals surface area contributed by atoms with Gasteiger partial charge in [0.25, 0.3) is 0 Å². The number of anilines is 1. The van der Waals surface area contributed by atoms with Crippen LogP contribution in [0.4, 0.5) is 5.69 Å². The van der Waals surface area contributed by atoms with E-state index in [2.05, 4.69) is 5.32 Å². The molecule has 1 N–H and O–H groups in total. The molecular weight excluding hydrogens is 428 g/mol. The predicted octanol–water partition coefficient (Wildman–Crippen LogP) is 3.70. The molecule has 2 rings (SSSR count). The fraction of sp³-hybridized carbons (Fsp3) is 0.381. The van der Waals surface area contributed by atoms with Crippen molar-refractivity contribution in [1.82, 2.24) is 5.32 Å². The standard InChI is InChI=1S/C21H27ClN2O5S/c1-6-17(15-8-10-19(28-3)20(11-15)29-4)23-21(25)13-24(30(5,26)27)18-12-16(22)9-7-14(18)2/h7-12,17H,6,13H2,1-5H3,(H,23,25). The number of benzene rings is 2. The molecule has 0 saturated carbocycles. The number of sulfonamides is 1. The van der Waals surface area contributed by atoms with Crippen molar-refractivity contribution in [2.45, 2.75) is 26.3 Å². The molecule has 2 aromatic carbocycles. The molecule has 0 fully saturated rings. The second-order valence-corrected chi connectivity index (χ2v) is 9.19. The molecule has 1 unspecified atom stereocenters. The van der Waals surface area contributed by atoms with Gasteiger partial charge in [0.2, 0.25) is 15.9 Å². The zero-order valence-electron chi connectivity index (χ0n) is 17.7. The van der Waals surface area contributed by atoms with Crippen molar-refractivity contribution in [3.63, 3.8) is 0 Å². The Bertz CT molecular complexity index is 1010. The average Bonchev–Trinajstić information content (AvgIpc) is 2.70. The number of halogens is 1. The quantitative estimate of drug-likeness (QED) is 0.624. The molecule has 0 radical (unpaired) electrons. The summed E-state index contributed by atoms with van der Waals surface area (Å²) in [6.45, 7) is 3.33. The lowest BCUT2D eigenvalue weighted by atomic mass is 10.0. The Hall–Kier alpha value is -2.45. The second kappa shape index (κ2) is 10.0. The summed E-state index contributed by atoms with van der Waals surface area (Å²) in [4.78, 5) is 12.8. The fourth-order valence-electron chi connectivity index (χ4n) is 3.09. The smallest absolute Gasteiger partial charge is 0.241 e. The largest absolute Gasteiger partial charge is 0.493 e. The van der Waals surface area contributed by atoms with Gasteiger partial charge in [0, 0.05) is 5.02 Å². The predicted molar refractivity (Wildman–Crippen MR) is 119 cm³/mol. The molecule has 9 heteroatoms. The molecule has 0 heterocycles. The molecule has 2 aromatic rings. The number of rotatable bonds is 9. The number of nitrogens with zero attached hydrogens (tertiary/aromatic N) is 1. The Morgan fingerprint density at radius 2 is 1.80 bits per heavy atom. The number of amides is 1. The van der Waals surface area contributed by atoms with Crippen LogP contribution in [0, 0.1) is 6.92 Å². The average molecular weight is 455 g/mol. The fourth-order valence-corrected chi connectivity index (χ4v) is 4.17. The molecule has 7 nitrogen and oxygen atoms in total. The Morgan fingerprint density at radius 3 is 2.37 bits per heavy atom. The highest BCUT2D eigenvalue weighted by atomic mass is 35.5. The lowest BCUT2D eigenvalue weighted by Gasteiger charge is -2.25. The summed E-state index contributed by atoms with van der Waals surface area (Å²) in [5.74, 6) is 0.707. The van der Waals surface area contributed by atoms with Crippen LogP contribution in [0.2, 0.25) is 5.02 Å². The summed E-state index contributed by atoms with van der Waals surface area (Å²) >= 11 is 6.04. The van der Waals surface area contributed by atoms with E-state index < -0.39 is 15.9 Å². The number of carbonyl (C=O) groups is 1. The zero-order chi connectivity index (χ0) is 22.5. The molecule has 0 aliphatic heterocycles. The molecule has 0 aromatic heterocycles. The van der Waals surface area contributed by atoms with Crippen LogP contribution in [0.1, 0.15) is 30.5 Å². The number of aryl methyl sites for hydroxylation is 1. The Morgan fingerprint density at radius 1 is 1.13 bits per heavy atom. The van der Waals surface area contributed by atoms with E-state index in [1.165, 1.54) is 6.07 Å². The van der Waals surface area contributed by atoms with E-state index in [4.69, 9.17) is 21.1 Å². The van der Waals surface area contributed by atoms with E-state index in [1.54, 1.807) is 45.4 Å². The number of carbonyl (C=O) groups excluding carboxylic acids is 1. The van der Waals surface area contributed by atoms with Crippen LogP contribution in [-0.4, -0.2) is 41.3 Å². The van der Waals surface area contributed by atoms with Gasteiger partial charge in [0.1, 0.15) is 6.54 Å². The number of ether oxygens (including phenoxy) is 2. The maximum absolute atomic E-state index is 12.8. The number of nitrogens with one attached hydrogen (secondary N) is 1. The van der Waals surface area contributed by atoms with Gasteiger partial charge in [-0.25, -0.2) is 8.42 Å². The first-order valence-corrected chi connectivity index (χ1v) is 11.6. The van der Waals surface area contributed by atoms with Gasteiger partial charge in [-0.3, -0.25) is 9.10 Å². The minimum Gasteiger partial charge on any atom is -0.493 e. The van der Waals surface area contributed by atoms with E-state index in [0.717, 1.165) is 16.1 Å². The molecule has 164 valence electrons. The normalized spacial score (nSPS) is 12.2. The zero-order valence-corrected chi connectivity index (χ0v) is 19.3. The minimum atomic E-state index is -3.70. The second-order valence-electron chi connectivity index (χ2n) is 6.84. The first-order chi connectivity index (χ1) is 14.1. The van der Waals surface area contributed by atoms with E-state index in [9.17, 15) is 13.2 Å². The van der Waals surface area contributed by atoms with Gasteiger partial charge < -0.3 is 14.8 Å². The van der Waals surface area contributed by atoms with Gasteiger partial charge in [0.15, 0.2) is 11.5 Å². The highest BCUT2D eigenvalue weighted by molar-refractivity contribution is 7.92. The van der Waals surface area contributed by atoms with Gasteiger partial charge in [-0.1, -0.05) is 30.7 Å². The van der Waals surface area contributed by atoms with E-state index >= 15 is 0 Å². The van der Waals surface area contributed by atoms with Crippen LogP contribution in [0.5, 0.6) is 11.5 Å². The van der Waals surface area contributed by atoms with Crippen molar-refractivity contribution in [1.29, 1.82) is 0 Å². The topological polar surface area (TPSA) is 84.9 Å². The van der Waals surface area contributed by atoms with Crippen LogP contribution < -0.4 is 19.1 Å². The third-order valence-electron chi connectivity index (χ3n) is 4.68. The van der Waals surface area contributed by atoms with Crippen molar-refractivity contribution >= 4 is 33.2 Å². The molecule has 1 atom stereocenters. The highest BCUT2D eigenvalue weighted by Crippen LogP contribution is 2.31. The maximum Gasteiger partial charge on any atom is 0.241 e.